The molecule has 3 aromatic rings. The molecular weight excluding hydrogens is 410 g/mol. The van der Waals surface area contributed by atoms with E-state index in [1.807, 2.05) is 36.4 Å². The normalized spacial score (nSPS) is 10.4. The molecule has 2 aromatic carbocycles. The predicted molar refractivity (Wildman–Crippen MR) is 106 cm³/mol. The third-order valence-corrected chi connectivity index (χ3v) is 4.74. The van der Waals surface area contributed by atoms with Gasteiger partial charge in [-0.25, -0.2) is 4.79 Å². The second-order valence-electron chi connectivity index (χ2n) is 5.89. The zero-order valence-corrected chi connectivity index (χ0v) is 16.3. The van der Waals surface area contributed by atoms with E-state index in [1.54, 1.807) is 35.0 Å². The molecule has 0 fully saturated rings. The SMILES string of the molecule is COC(=O)c1cccc(Cn2ccc(OCc3ccccc3)c(Br)c2=O)c1. The topological polar surface area (TPSA) is 57.5 Å². The van der Waals surface area contributed by atoms with E-state index >= 15 is 0 Å². The molecule has 0 atom stereocenters. The number of hydrogen-bond acceptors (Lipinski definition) is 4. The van der Waals surface area contributed by atoms with Crippen molar-refractivity contribution in [1.82, 2.24) is 4.57 Å². The Bertz CT molecular complexity index is 999. The van der Waals surface area contributed by atoms with Gasteiger partial charge >= 0.3 is 5.97 Å². The van der Waals surface area contributed by atoms with Gasteiger partial charge in [-0.3, -0.25) is 4.79 Å². The van der Waals surface area contributed by atoms with Crippen LogP contribution in [0, 0.1) is 0 Å². The molecule has 0 N–H and O–H groups in total. The molecule has 27 heavy (non-hydrogen) atoms. The number of carbonyl (C=O) groups excluding carboxylic acids is 1. The summed E-state index contributed by atoms with van der Waals surface area (Å²) in [5.74, 6) is 0.0819. The van der Waals surface area contributed by atoms with Crippen LogP contribution in [0.3, 0.4) is 0 Å². The van der Waals surface area contributed by atoms with Crippen LogP contribution in [-0.2, 0) is 17.9 Å². The van der Waals surface area contributed by atoms with Crippen molar-refractivity contribution < 1.29 is 14.3 Å². The smallest absolute Gasteiger partial charge is 0.337 e. The minimum atomic E-state index is -0.407. The van der Waals surface area contributed by atoms with Crippen molar-refractivity contribution in [2.24, 2.45) is 0 Å². The summed E-state index contributed by atoms with van der Waals surface area (Å²) in [5, 5.41) is 0. The highest BCUT2D eigenvalue weighted by Crippen LogP contribution is 2.22. The highest BCUT2D eigenvalue weighted by molar-refractivity contribution is 9.10. The van der Waals surface area contributed by atoms with Crippen LogP contribution < -0.4 is 10.3 Å². The van der Waals surface area contributed by atoms with Crippen LogP contribution in [0.2, 0.25) is 0 Å². The van der Waals surface area contributed by atoms with Crippen molar-refractivity contribution in [3.63, 3.8) is 0 Å². The lowest BCUT2D eigenvalue weighted by molar-refractivity contribution is 0.0600. The number of rotatable bonds is 6. The van der Waals surface area contributed by atoms with Crippen LogP contribution in [0.15, 0.2) is 76.1 Å². The van der Waals surface area contributed by atoms with Gasteiger partial charge in [0.2, 0.25) is 0 Å². The Morgan fingerprint density at radius 2 is 1.78 bits per heavy atom. The molecule has 0 amide bonds. The molecular formula is C21H18BrNO4. The van der Waals surface area contributed by atoms with Crippen LogP contribution in [0.1, 0.15) is 21.5 Å². The number of hydrogen-bond donors (Lipinski definition) is 0. The number of benzene rings is 2. The van der Waals surface area contributed by atoms with Crippen molar-refractivity contribution >= 4 is 21.9 Å². The molecule has 0 spiro atoms. The van der Waals surface area contributed by atoms with Crippen molar-refractivity contribution in [2.45, 2.75) is 13.2 Å². The Morgan fingerprint density at radius 3 is 2.52 bits per heavy atom. The van der Waals surface area contributed by atoms with Gasteiger partial charge in [0, 0.05) is 6.20 Å². The van der Waals surface area contributed by atoms with E-state index in [9.17, 15) is 9.59 Å². The summed E-state index contributed by atoms with van der Waals surface area (Å²) < 4.78 is 12.4. The Balaban J connectivity index is 1.77. The Hall–Kier alpha value is -2.86. The van der Waals surface area contributed by atoms with Gasteiger partial charge in [0.05, 0.1) is 19.2 Å². The van der Waals surface area contributed by atoms with Gasteiger partial charge in [-0.1, -0.05) is 42.5 Å². The highest BCUT2D eigenvalue weighted by Gasteiger charge is 2.11. The van der Waals surface area contributed by atoms with E-state index in [1.165, 1.54) is 7.11 Å². The van der Waals surface area contributed by atoms with E-state index in [0.29, 0.717) is 28.9 Å². The quantitative estimate of drug-likeness (QED) is 0.557. The third kappa shape index (κ3) is 4.65. The van der Waals surface area contributed by atoms with Gasteiger partial charge in [-0.05, 0) is 45.3 Å². The number of ether oxygens (including phenoxy) is 2. The van der Waals surface area contributed by atoms with E-state index < -0.39 is 5.97 Å². The maximum absolute atomic E-state index is 12.6. The maximum Gasteiger partial charge on any atom is 0.337 e. The maximum atomic E-state index is 12.6. The van der Waals surface area contributed by atoms with Gasteiger partial charge in [0.25, 0.3) is 5.56 Å². The summed E-state index contributed by atoms with van der Waals surface area (Å²) in [6.07, 6.45) is 1.68. The molecule has 0 saturated carbocycles. The molecule has 0 radical (unpaired) electrons. The largest absolute Gasteiger partial charge is 0.487 e. The van der Waals surface area contributed by atoms with Crippen LogP contribution in [0.25, 0.3) is 0 Å². The molecule has 0 aliphatic heterocycles. The second kappa shape index (κ2) is 8.68. The first kappa shape index (κ1) is 18.9. The molecule has 1 heterocycles. The third-order valence-electron chi connectivity index (χ3n) is 4.01. The fraction of sp³-hybridized carbons (Fsp3) is 0.143. The van der Waals surface area contributed by atoms with Crippen LogP contribution >= 0.6 is 15.9 Å². The standard InChI is InChI=1S/C21H18BrNO4/c1-26-21(25)17-9-5-8-16(12-17)13-23-11-10-18(19(22)20(23)24)27-14-15-6-3-2-4-7-15/h2-12H,13-14H2,1H3. The van der Waals surface area contributed by atoms with Crippen molar-refractivity contribution in [1.29, 1.82) is 0 Å². The average molecular weight is 428 g/mol. The second-order valence-corrected chi connectivity index (χ2v) is 6.69. The average Bonchev–Trinajstić information content (AvgIpc) is 2.71. The first-order valence-electron chi connectivity index (χ1n) is 8.31. The molecule has 6 heteroatoms. The fourth-order valence-corrected chi connectivity index (χ4v) is 3.09. The first-order chi connectivity index (χ1) is 13.1. The first-order valence-corrected chi connectivity index (χ1v) is 9.10. The zero-order chi connectivity index (χ0) is 19.2. The molecule has 0 aliphatic carbocycles. The molecule has 0 unspecified atom stereocenters. The van der Waals surface area contributed by atoms with Crippen molar-refractivity contribution in [3.05, 3.63) is 98.4 Å². The lowest BCUT2D eigenvalue weighted by Gasteiger charge is -2.12. The van der Waals surface area contributed by atoms with Gasteiger partial charge in [-0.15, -0.1) is 0 Å². The summed E-state index contributed by atoms with van der Waals surface area (Å²) in [6, 6.07) is 18.5. The number of methoxy groups -OCH3 is 1. The Kier molecular flexibility index (Phi) is 6.08. The molecule has 3 rings (SSSR count). The van der Waals surface area contributed by atoms with E-state index in [-0.39, 0.29) is 5.56 Å². The number of carbonyl (C=O) groups is 1. The lowest BCUT2D eigenvalue weighted by atomic mass is 10.1. The number of halogens is 1. The zero-order valence-electron chi connectivity index (χ0n) is 14.7. The van der Waals surface area contributed by atoms with Crippen molar-refractivity contribution in [3.8, 4) is 5.75 Å². The monoisotopic (exact) mass is 427 g/mol. The molecule has 0 saturated heterocycles. The molecule has 5 nitrogen and oxygen atoms in total. The summed E-state index contributed by atoms with van der Waals surface area (Å²) in [5.41, 5.74) is 2.09. The van der Waals surface area contributed by atoms with Gasteiger partial charge < -0.3 is 14.0 Å². The fourth-order valence-electron chi connectivity index (χ4n) is 2.61. The van der Waals surface area contributed by atoms with Crippen LogP contribution in [-0.4, -0.2) is 17.6 Å². The van der Waals surface area contributed by atoms with E-state index in [4.69, 9.17) is 9.47 Å². The number of nitrogens with zero attached hydrogens (tertiary/aromatic N) is 1. The lowest BCUT2D eigenvalue weighted by Crippen LogP contribution is -2.21. The summed E-state index contributed by atoms with van der Waals surface area (Å²) >= 11 is 3.33. The minimum Gasteiger partial charge on any atom is -0.487 e. The summed E-state index contributed by atoms with van der Waals surface area (Å²) in [7, 11) is 1.34. The highest BCUT2D eigenvalue weighted by atomic mass is 79.9. The molecule has 1 aromatic heterocycles. The number of esters is 1. The van der Waals surface area contributed by atoms with Crippen LogP contribution in [0.4, 0.5) is 0 Å². The molecule has 0 bridgehead atoms. The van der Waals surface area contributed by atoms with Gasteiger partial charge in [-0.2, -0.15) is 0 Å². The Labute approximate surface area is 165 Å². The number of aromatic nitrogens is 1. The van der Waals surface area contributed by atoms with Gasteiger partial charge in [0.1, 0.15) is 16.8 Å². The Morgan fingerprint density at radius 1 is 1.04 bits per heavy atom. The summed E-state index contributed by atoms with van der Waals surface area (Å²) in [6.45, 7) is 0.714. The predicted octanol–water partition coefficient (Wildman–Crippen LogP) is 4.02. The van der Waals surface area contributed by atoms with Crippen LogP contribution in [0.5, 0.6) is 5.75 Å². The van der Waals surface area contributed by atoms with Crippen molar-refractivity contribution in [2.75, 3.05) is 7.11 Å². The molecule has 0 aliphatic rings. The van der Waals surface area contributed by atoms with Gasteiger partial charge in [0.15, 0.2) is 0 Å². The van der Waals surface area contributed by atoms with E-state index in [0.717, 1.165) is 11.1 Å². The number of pyridine rings is 1. The molecule has 138 valence electrons. The summed E-state index contributed by atoms with van der Waals surface area (Å²) in [4.78, 5) is 24.3. The van der Waals surface area contributed by atoms with E-state index in [2.05, 4.69) is 15.9 Å². The minimum absolute atomic E-state index is 0.205.